The number of carbonyl (C=O) groups is 2. The van der Waals surface area contributed by atoms with Crippen LogP contribution in [0, 0.1) is 0 Å². The van der Waals surface area contributed by atoms with E-state index in [9.17, 15) is 27.9 Å². The molecule has 0 aliphatic carbocycles. The summed E-state index contributed by atoms with van der Waals surface area (Å²) in [7, 11) is 0. The van der Waals surface area contributed by atoms with E-state index in [0.29, 0.717) is 31.0 Å². The minimum Gasteiger partial charge on any atom is -0.465 e. The maximum atomic E-state index is 12.9. The number of halogens is 4. The maximum Gasteiger partial charge on any atom is 0.451 e. The molecule has 0 spiro atoms. The van der Waals surface area contributed by atoms with Crippen LogP contribution in [0.25, 0.3) is 0 Å². The van der Waals surface area contributed by atoms with Gasteiger partial charge in [-0.2, -0.15) is 13.2 Å². The van der Waals surface area contributed by atoms with E-state index in [1.54, 1.807) is 6.07 Å². The van der Waals surface area contributed by atoms with Gasteiger partial charge in [-0.3, -0.25) is 4.79 Å². The highest BCUT2D eigenvalue weighted by atomic mass is 35.5. The Balaban J connectivity index is 1.62. The molecule has 1 atom stereocenters. The molecule has 3 heterocycles. The summed E-state index contributed by atoms with van der Waals surface area (Å²) in [4.78, 5) is 33.9. The minimum atomic E-state index is -4.68. The fraction of sp³-hybridized carbons (Fsp3) is 0.400. The van der Waals surface area contributed by atoms with E-state index in [1.165, 1.54) is 9.80 Å². The quantitative estimate of drug-likeness (QED) is 0.736. The second kappa shape index (κ2) is 7.99. The summed E-state index contributed by atoms with van der Waals surface area (Å²) >= 11 is 6.28. The molecule has 1 saturated heterocycles. The number of aromatic nitrogens is 2. The number of rotatable bonds is 2. The summed E-state index contributed by atoms with van der Waals surface area (Å²) in [6.45, 7) is 0.971. The topological polar surface area (TPSA) is 86.6 Å². The summed E-state index contributed by atoms with van der Waals surface area (Å²) in [6.07, 6.45) is -2.07. The average molecular weight is 455 g/mol. The second-order valence-electron chi connectivity index (χ2n) is 7.54. The predicted octanol–water partition coefficient (Wildman–Crippen LogP) is 4.16. The molecule has 2 aliphatic rings. The molecule has 0 bridgehead atoms. The molecule has 1 N–H and O–H groups in total. The van der Waals surface area contributed by atoms with E-state index in [1.807, 2.05) is 6.07 Å². The normalized spacial score (nSPS) is 18.8. The number of alkyl halides is 3. The number of nitrogens with zero attached hydrogens (tertiary/aromatic N) is 4. The van der Waals surface area contributed by atoms with E-state index in [2.05, 4.69) is 9.97 Å². The lowest BCUT2D eigenvalue weighted by Crippen LogP contribution is -2.38. The lowest BCUT2D eigenvalue weighted by Gasteiger charge is -2.33. The lowest BCUT2D eigenvalue weighted by molar-refractivity contribution is -0.145. The van der Waals surface area contributed by atoms with Gasteiger partial charge in [0.1, 0.15) is 0 Å². The molecule has 0 radical (unpaired) electrons. The first-order valence-electron chi connectivity index (χ1n) is 9.64. The van der Waals surface area contributed by atoms with Gasteiger partial charge in [-0.05, 0) is 48.1 Å². The zero-order valence-corrected chi connectivity index (χ0v) is 16.9. The van der Waals surface area contributed by atoms with Gasteiger partial charge < -0.3 is 14.9 Å². The van der Waals surface area contributed by atoms with Crippen molar-refractivity contribution in [3.05, 3.63) is 57.6 Å². The SMILES string of the molecule is O=C(c1cnc(C(F)(F)F)nc1)N1CCc2cc(Cl)cc([C@@H]3CCCN3C(=O)O)c2C1. The Kier molecular flexibility index (Phi) is 5.50. The van der Waals surface area contributed by atoms with Crippen LogP contribution in [0.5, 0.6) is 0 Å². The molecule has 31 heavy (non-hydrogen) atoms. The van der Waals surface area contributed by atoms with Crippen molar-refractivity contribution in [1.82, 2.24) is 19.8 Å². The van der Waals surface area contributed by atoms with Gasteiger partial charge in [0.25, 0.3) is 5.91 Å². The van der Waals surface area contributed by atoms with Gasteiger partial charge in [0.2, 0.25) is 5.82 Å². The van der Waals surface area contributed by atoms with Crippen LogP contribution in [0.4, 0.5) is 18.0 Å². The van der Waals surface area contributed by atoms with Crippen LogP contribution >= 0.6 is 11.6 Å². The number of fused-ring (bicyclic) bond motifs is 1. The number of amides is 2. The molecule has 0 unspecified atom stereocenters. The largest absolute Gasteiger partial charge is 0.465 e. The molecule has 2 amide bonds. The number of carboxylic acid groups (broad SMARTS) is 1. The zero-order valence-electron chi connectivity index (χ0n) is 16.2. The van der Waals surface area contributed by atoms with Crippen molar-refractivity contribution < 1.29 is 27.9 Å². The summed E-state index contributed by atoms with van der Waals surface area (Å²) in [5.74, 6) is -1.79. The standard InChI is InChI=1S/C20H18ClF3N4O3/c21-13-6-11-3-5-27(17(29)12-8-25-18(26-9-12)20(22,23)24)10-15(11)14(7-13)16-2-1-4-28(16)19(30)31/h6-9,16H,1-5,10H2,(H,30,31)/t16-/m0/s1. The third-order valence-electron chi connectivity index (χ3n) is 5.64. The van der Waals surface area contributed by atoms with Crippen LogP contribution in [0.15, 0.2) is 24.5 Å². The minimum absolute atomic E-state index is 0.0417. The fourth-order valence-electron chi connectivity index (χ4n) is 4.21. The van der Waals surface area contributed by atoms with Gasteiger partial charge in [0.05, 0.1) is 11.6 Å². The Hall–Kier alpha value is -2.88. The Bertz CT molecular complexity index is 1030. The molecular weight excluding hydrogens is 437 g/mol. The van der Waals surface area contributed by atoms with Gasteiger partial charge in [0.15, 0.2) is 0 Å². The van der Waals surface area contributed by atoms with Crippen molar-refractivity contribution in [2.75, 3.05) is 13.1 Å². The summed E-state index contributed by atoms with van der Waals surface area (Å²) < 4.78 is 38.0. The van der Waals surface area contributed by atoms with Gasteiger partial charge in [-0.25, -0.2) is 14.8 Å². The van der Waals surface area contributed by atoms with Crippen molar-refractivity contribution in [1.29, 1.82) is 0 Å². The van der Waals surface area contributed by atoms with Crippen LogP contribution in [0.3, 0.4) is 0 Å². The van der Waals surface area contributed by atoms with Gasteiger partial charge >= 0.3 is 12.3 Å². The molecule has 1 aromatic carbocycles. The first kappa shape index (κ1) is 21.4. The summed E-state index contributed by atoms with van der Waals surface area (Å²) in [5.41, 5.74) is 2.49. The molecule has 0 saturated carbocycles. The number of hydrogen-bond acceptors (Lipinski definition) is 4. The van der Waals surface area contributed by atoms with Crippen LogP contribution in [-0.4, -0.2) is 50.0 Å². The molecule has 1 fully saturated rings. The first-order chi connectivity index (χ1) is 14.6. The number of benzene rings is 1. The van der Waals surface area contributed by atoms with Crippen LogP contribution in [-0.2, 0) is 19.1 Å². The van der Waals surface area contributed by atoms with Crippen molar-refractivity contribution in [2.45, 2.75) is 38.0 Å². The number of likely N-dealkylation sites (tertiary alicyclic amines) is 1. The van der Waals surface area contributed by atoms with Crippen LogP contribution in [0.2, 0.25) is 5.02 Å². The Morgan fingerprint density at radius 1 is 1.16 bits per heavy atom. The third kappa shape index (κ3) is 4.16. The van der Waals surface area contributed by atoms with Crippen molar-refractivity contribution in [3.63, 3.8) is 0 Å². The smallest absolute Gasteiger partial charge is 0.451 e. The molecule has 2 aliphatic heterocycles. The molecule has 1 aromatic heterocycles. The molecule has 7 nitrogen and oxygen atoms in total. The molecule has 4 rings (SSSR count). The van der Waals surface area contributed by atoms with Crippen LogP contribution < -0.4 is 0 Å². The first-order valence-corrected chi connectivity index (χ1v) is 10.0. The second-order valence-corrected chi connectivity index (χ2v) is 7.97. The Morgan fingerprint density at radius 3 is 2.52 bits per heavy atom. The van der Waals surface area contributed by atoms with Gasteiger partial charge in [-0.15, -0.1) is 0 Å². The van der Waals surface area contributed by atoms with Gasteiger partial charge in [-0.1, -0.05) is 11.6 Å². The molecule has 2 aromatic rings. The van der Waals surface area contributed by atoms with E-state index < -0.39 is 24.0 Å². The van der Waals surface area contributed by atoms with Crippen LogP contribution in [0.1, 0.15) is 51.8 Å². The monoisotopic (exact) mass is 454 g/mol. The third-order valence-corrected chi connectivity index (χ3v) is 5.86. The highest BCUT2D eigenvalue weighted by Gasteiger charge is 2.36. The average Bonchev–Trinajstić information content (AvgIpc) is 3.22. The van der Waals surface area contributed by atoms with Crippen molar-refractivity contribution >= 4 is 23.6 Å². The van der Waals surface area contributed by atoms with E-state index >= 15 is 0 Å². The zero-order chi connectivity index (χ0) is 22.3. The number of hydrogen-bond donors (Lipinski definition) is 1. The lowest BCUT2D eigenvalue weighted by atomic mass is 9.90. The van der Waals surface area contributed by atoms with E-state index in [-0.39, 0.29) is 18.2 Å². The molecule has 164 valence electrons. The Labute approximate surface area is 180 Å². The number of carbonyl (C=O) groups excluding carboxylic acids is 1. The summed E-state index contributed by atoms with van der Waals surface area (Å²) in [5, 5.41) is 10.0. The predicted molar refractivity (Wildman–Crippen MR) is 104 cm³/mol. The maximum absolute atomic E-state index is 12.9. The highest BCUT2D eigenvalue weighted by Crippen LogP contribution is 2.38. The molecular formula is C20H18ClF3N4O3. The molecule has 11 heteroatoms. The van der Waals surface area contributed by atoms with E-state index in [4.69, 9.17) is 11.6 Å². The van der Waals surface area contributed by atoms with Crippen molar-refractivity contribution in [3.8, 4) is 0 Å². The highest BCUT2D eigenvalue weighted by molar-refractivity contribution is 6.30. The van der Waals surface area contributed by atoms with Crippen molar-refractivity contribution in [2.24, 2.45) is 0 Å². The summed E-state index contributed by atoms with van der Waals surface area (Å²) in [6, 6.07) is 3.19. The van der Waals surface area contributed by atoms with Gasteiger partial charge in [0, 0.05) is 37.1 Å². The Morgan fingerprint density at radius 2 is 1.87 bits per heavy atom. The fourth-order valence-corrected chi connectivity index (χ4v) is 4.46. The van der Waals surface area contributed by atoms with E-state index in [0.717, 1.165) is 35.5 Å².